The number of thiazole rings is 1. The second-order valence-electron chi connectivity index (χ2n) is 8.49. The molecule has 10 heteroatoms. The van der Waals surface area contributed by atoms with Gasteiger partial charge in [-0.1, -0.05) is 35.6 Å². The van der Waals surface area contributed by atoms with Crippen LogP contribution in [0.3, 0.4) is 0 Å². The second-order valence-corrected chi connectivity index (χ2v) is 9.47. The summed E-state index contributed by atoms with van der Waals surface area (Å²) in [6, 6.07) is 11.7. The zero-order valence-corrected chi connectivity index (χ0v) is 21.8. The Kier molecular flexibility index (Phi) is 6.20. The number of esters is 1. The Morgan fingerprint density at radius 2 is 1.81 bits per heavy atom. The van der Waals surface area contributed by atoms with Crippen LogP contribution in [-0.2, 0) is 14.3 Å². The summed E-state index contributed by atoms with van der Waals surface area (Å²) in [5.74, 6) is 0.124. The Balaban J connectivity index is 1.83. The first kappa shape index (κ1) is 24.5. The standard InChI is InChI=1S/C27H25N3O6S/c1-6-36-26(33)20-14(2)28-27-30(22(20)15-11-12-18(34-4)19(13-15)35-5)25(32)23(37-27)21-16-9-7-8-10-17(16)29(3)24(21)31/h7-13,22H,6H2,1-5H3/b23-21-/t22-/m0/s1. The van der Waals surface area contributed by atoms with E-state index in [0.29, 0.717) is 38.7 Å². The molecule has 1 aromatic heterocycles. The van der Waals surface area contributed by atoms with Crippen molar-refractivity contribution in [3.63, 3.8) is 0 Å². The number of hydrogen-bond donors (Lipinski definition) is 0. The monoisotopic (exact) mass is 519 g/mol. The van der Waals surface area contributed by atoms with Crippen molar-refractivity contribution in [2.45, 2.75) is 19.9 Å². The number of hydrogen-bond acceptors (Lipinski definition) is 8. The van der Waals surface area contributed by atoms with Gasteiger partial charge in [-0.05, 0) is 37.6 Å². The van der Waals surface area contributed by atoms with E-state index >= 15 is 0 Å². The number of anilines is 1. The van der Waals surface area contributed by atoms with Crippen LogP contribution in [0.1, 0.15) is 31.0 Å². The maximum absolute atomic E-state index is 14.0. The van der Waals surface area contributed by atoms with Crippen LogP contribution >= 0.6 is 11.3 Å². The predicted octanol–water partition coefficient (Wildman–Crippen LogP) is 2.16. The Labute approximate surface area is 216 Å². The maximum atomic E-state index is 14.0. The van der Waals surface area contributed by atoms with Crippen LogP contribution in [0.25, 0.3) is 5.57 Å². The molecule has 5 rings (SSSR count). The fourth-order valence-electron chi connectivity index (χ4n) is 4.77. The third-order valence-corrected chi connectivity index (χ3v) is 7.55. The van der Waals surface area contributed by atoms with Gasteiger partial charge in [0.2, 0.25) is 0 Å². The van der Waals surface area contributed by atoms with Crippen molar-refractivity contribution in [3.05, 3.63) is 84.5 Å². The molecule has 0 unspecified atom stereocenters. The average molecular weight is 520 g/mol. The van der Waals surface area contributed by atoms with Crippen LogP contribution in [-0.4, -0.2) is 44.3 Å². The third kappa shape index (κ3) is 3.75. The minimum Gasteiger partial charge on any atom is -0.493 e. The van der Waals surface area contributed by atoms with E-state index in [1.165, 1.54) is 23.7 Å². The molecule has 0 aliphatic carbocycles. The van der Waals surface area contributed by atoms with Crippen LogP contribution in [0.5, 0.6) is 11.5 Å². The quantitative estimate of drug-likeness (QED) is 0.479. The SMILES string of the molecule is CCOC(=O)C1=C(C)N=c2s/c(=C3\C(=O)N(C)c4ccccc43)c(=O)n2[C@H]1c1ccc(OC)c(OC)c1. The molecule has 0 saturated carbocycles. The molecule has 3 aromatic rings. The number of fused-ring (bicyclic) bond motifs is 2. The Morgan fingerprint density at radius 1 is 1.08 bits per heavy atom. The lowest BCUT2D eigenvalue weighted by atomic mass is 9.95. The van der Waals surface area contributed by atoms with E-state index in [2.05, 4.69) is 4.99 Å². The summed E-state index contributed by atoms with van der Waals surface area (Å²) in [6.45, 7) is 3.60. The number of carbonyl (C=O) groups is 2. The molecule has 0 spiro atoms. The van der Waals surface area contributed by atoms with E-state index in [0.717, 1.165) is 17.0 Å². The summed E-state index contributed by atoms with van der Waals surface area (Å²) in [6.07, 6.45) is 0. The fourth-order valence-corrected chi connectivity index (χ4v) is 5.91. The van der Waals surface area contributed by atoms with E-state index in [9.17, 15) is 14.4 Å². The molecule has 2 aliphatic rings. The van der Waals surface area contributed by atoms with E-state index in [-0.39, 0.29) is 22.6 Å². The number of rotatable bonds is 5. The largest absolute Gasteiger partial charge is 0.493 e. The fraction of sp³-hybridized carbons (Fsp3) is 0.259. The van der Waals surface area contributed by atoms with Gasteiger partial charge in [-0.25, -0.2) is 9.79 Å². The highest BCUT2D eigenvalue weighted by atomic mass is 32.1. The van der Waals surface area contributed by atoms with Crippen molar-refractivity contribution in [2.75, 3.05) is 32.8 Å². The van der Waals surface area contributed by atoms with Crippen LogP contribution in [0, 0.1) is 0 Å². The summed E-state index contributed by atoms with van der Waals surface area (Å²) >= 11 is 1.13. The number of ether oxygens (including phenoxy) is 3. The Morgan fingerprint density at radius 3 is 2.51 bits per heavy atom. The molecule has 1 amide bonds. The molecule has 0 fully saturated rings. The zero-order chi connectivity index (χ0) is 26.4. The molecule has 1 atom stereocenters. The van der Waals surface area contributed by atoms with E-state index in [4.69, 9.17) is 14.2 Å². The van der Waals surface area contributed by atoms with Crippen molar-refractivity contribution < 1.29 is 23.8 Å². The lowest BCUT2D eigenvalue weighted by molar-refractivity contribution is -0.139. The number of carbonyl (C=O) groups excluding carboxylic acids is 2. The molecule has 2 aromatic carbocycles. The number of allylic oxidation sites excluding steroid dienone is 1. The first-order chi connectivity index (χ1) is 17.8. The van der Waals surface area contributed by atoms with Gasteiger partial charge in [0.05, 0.1) is 49.4 Å². The molecule has 0 saturated heterocycles. The molecule has 37 heavy (non-hydrogen) atoms. The van der Waals surface area contributed by atoms with Gasteiger partial charge >= 0.3 is 5.97 Å². The van der Waals surface area contributed by atoms with E-state index in [1.54, 1.807) is 39.1 Å². The van der Waals surface area contributed by atoms with Gasteiger partial charge in [0.25, 0.3) is 11.5 Å². The minimum atomic E-state index is -0.839. The smallest absolute Gasteiger partial charge is 0.338 e. The molecular weight excluding hydrogens is 494 g/mol. The first-order valence-corrected chi connectivity index (χ1v) is 12.5. The normalized spacial score (nSPS) is 17.8. The minimum absolute atomic E-state index is 0.167. The van der Waals surface area contributed by atoms with E-state index < -0.39 is 17.6 Å². The van der Waals surface area contributed by atoms with Crippen molar-refractivity contribution in [2.24, 2.45) is 4.99 Å². The highest BCUT2D eigenvalue weighted by Crippen LogP contribution is 2.37. The number of para-hydroxylation sites is 1. The third-order valence-electron chi connectivity index (χ3n) is 6.50. The van der Waals surface area contributed by atoms with Gasteiger partial charge < -0.3 is 19.1 Å². The van der Waals surface area contributed by atoms with Gasteiger partial charge in [0.15, 0.2) is 16.3 Å². The van der Waals surface area contributed by atoms with Crippen molar-refractivity contribution in [1.82, 2.24) is 4.57 Å². The van der Waals surface area contributed by atoms with Crippen LogP contribution in [0.4, 0.5) is 5.69 Å². The van der Waals surface area contributed by atoms with Crippen molar-refractivity contribution >= 4 is 34.5 Å². The average Bonchev–Trinajstić information content (AvgIpc) is 3.35. The molecule has 2 aliphatic heterocycles. The number of benzene rings is 2. The number of aromatic nitrogens is 1. The number of nitrogens with zero attached hydrogens (tertiary/aromatic N) is 3. The number of methoxy groups -OCH3 is 2. The van der Waals surface area contributed by atoms with Gasteiger partial charge in [-0.3, -0.25) is 14.2 Å². The summed E-state index contributed by atoms with van der Waals surface area (Å²) in [7, 11) is 4.73. The van der Waals surface area contributed by atoms with Gasteiger partial charge in [0, 0.05) is 12.6 Å². The number of likely N-dealkylation sites (N-methyl/N-ethyl adjacent to an activating group) is 1. The van der Waals surface area contributed by atoms with Crippen molar-refractivity contribution in [1.29, 1.82) is 0 Å². The van der Waals surface area contributed by atoms with Gasteiger partial charge in [-0.15, -0.1) is 0 Å². The zero-order valence-electron chi connectivity index (χ0n) is 21.0. The van der Waals surface area contributed by atoms with Gasteiger partial charge in [0.1, 0.15) is 4.53 Å². The topological polar surface area (TPSA) is 99.4 Å². The summed E-state index contributed by atoms with van der Waals surface area (Å²) in [5, 5.41) is 0. The Bertz CT molecular complexity index is 1670. The van der Waals surface area contributed by atoms with E-state index in [1.807, 2.05) is 24.3 Å². The summed E-state index contributed by atoms with van der Waals surface area (Å²) in [5.41, 5.74) is 2.62. The first-order valence-electron chi connectivity index (χ1n) is 11.6. The molecule has 0 radical (unpaired) electrons. The lowest BCUT2D eigenvalue weighted by Crippen LogP contribution is -2.40. The second kappa shape index (κ2) is 9.36. The van der Waals surface area contributed by atoms with Crippen LogP contribution < -0.4 is 29.3 Å². The highest BCUT2D eigenvalue weighted by Gasteiger charge is 2.36. The maximum Gasteiger partial charge on any atom is 0.338 e. The highest BCUT2D eigenvalue weighted by molar-refractivity contribution is 7.07. The molecule has 3 heterocycles. The van der Waals surface area contributed by atoms with Crippen LogP contribution in [0.2, 0.25) is 0 Å². The molecule has 0 bridgehead atoms. The predicted molar refractivity (Wildman–Crippen MR) is 139 cm³/mol. The molecule has 9 nitrogen and oxygen atoms in total. The molecular formula is C27H25N3O6S. The Hall–Kier alpha value is -4.18. The lowest BCUT2D eigenvalue weighted by Gasteiger charge is -2.25. The summed E-state index contributed by atoms with van der Waals surface area (Å²) in [4.78, 5) is 47.0. The summed E-state index contributed by atoms with van der Waals surface area (Å²) < 4.78 is 17.9. The molecule has 190 valence electrons. The van der Waals surface area contributed by atoms with Crippen molar-refractivity contribution in [3.8, 4) is 11.5 Å². The molecule has 0 N–H and O–H groups in total. The van der Waals surface area contributed by atoms with Crippen LogP contribution in [0.15, 0.2) is 63.5 Å². The number of amides is 1. The van der Waals surface area contributed by atoms with Gasteiger partial charge in [-0.2, -0.15) is 0 Å².